The third-order valence-electron chi connectivity index (χ3n) is 4.10. The molecule has 0 spiro atoms. The number of ether oxygens (including phenoxy) is 2. The fourth-order valence-electron chi connectivity index (χ4n) is 2.23. The van der Waals surface area contributed by atoms with Crippen LogP contribution >= 0.6 is 0 Å². The third-order valence-corrected chi connectivity index (χ3v) is 4.10. The largest absolute Gasteiger partial charge is 0.489 e. The van der Waals surface area contributed by atoms with Crippen molar-refractivity contribution in [3.8, 4) is 5.75 Å². The number of carbonyl (C=O) groups excluding carboxylic acids is 1. The normalized spacial score (nSPS) is 10.9. The van der Waals surface area contributed by atoms with Crippen LogP contribution in [-0.4, -0.2) is 17.4 Å². The van der Waals surface area contributed by atoms with Gasteiger partial charge in [-0.25, -0.2) is 4.79 Å². The van der Waals surface area contributed by atoms with Crippen LogP contribution in [0.1, 0.15) is 45.2 Å². The van der Waals surface area contributed by atoms with Gasteiger partial charge in [-0.3, -0.25) is 5.32 Å². The molecule has 0 saturated carbocycles. The first-order valence-corrected chi connectivity index (χ1v) is 8.67. The van der Waals surface area contributed by atoms with Crippen LogP contribution in [-0.2, 0) is 11.3 Å². The van der Waals surface area contributed by atoms with Gasteiger partial charge in [0.25, 0.3) is 0 Å². The first-order valence-electron chi connectivity index (χ1n) is 8.67. The molecule has 5 nitrogen and oxygen atoms in total. The van der Waals surface area contributed by atoms with Crippen molar-refractivity contribution < 1.29 is 14.3 Å². The molecule has 2 aromatic carbocycles. The Balaban J connectivity index is 2.10. The van der Waals surface area contributed by atoms with E-state index in [-0.39, 0.29) is 0 Å². The van der Waals surface area contributed by atoms with Gasteiger partial charge in [-0.15, -0.1) is 0 Å². The zero-order valence-electron chi connectivity index (χ0n) is 15.8. The van der Waals surface area contributed by atoms with Crippen LogP contribution in [0, 0.1) is 5.41 Å². The molecule has 0 fully saturated rings. The highest BCUT2D eigenvalue weighted by atomic mass is 16.6. The van der Waals surface area contributed by atoms with Gasteiger partial charge in [0, 0.05) is 11.3 Å². The first-order chi connectivity index (χ1) is 12.3. The van der Waals surface area contributed by atoms with Crippen molar-refractivity contribution in [2.75, 3.05) is 5.32 Å². The second-order valence-corrected chi connectivity index (χ2v) is 6.73. The van der Waals surface area contributed by atoms with Gasteiger partial charge in [0.2, 0.25) is 0 Å². The molecule has 5 heteroatoms. The Labute approximate surface area is 154 Å². The molecule has 2 N–H and O–H groups in total. The average Bonchev–Trinajstić information content (AvgIpc) is 2.61. The Morgan fingerprint density at radius 3 is 2.46 bits per heavy atom. The number of benzene rings is 2. The summed E-state index contributed by atoms with van der Waals surface area (Å²) in [6, 6.07) is 15.1. The fraction of sp³-hybridized carbons (Fsp3) is 0.333. The van der Waals surface area contributed by atoms with Crippen LogP contribution in [0.5, 0.6) is 5.75 Å². The Kier molecular flexibility index (Phi) is 6.39. The molecule has 0 bridgehead atoms. The smallest absolute Gasteiger partial charge is 0.412 e. The van der Waals surface area contributed by atoms with E-state index in [4.69, 9.17) is 14.9 Å². The predicted molar refractivity (Wildman–Crippen MR) is 104 cm³/mol. The van der Waals surface area contributed by atoms with Crippen LogP contribution in [0.25, 0.3) is 0 Å². The van der Waals surface area contributed by atoms with E-state index in [2.05, 4.69) is 5.32 Å². The molecule has 26 heavy (non-hydrogen) atoms. The van der Waals surface area contributed by atoms with Gasteiger partial charge in [-0.05, 0) is 51.0 Å². The van der Waals surface area contributed by atoms with Crippen LogP contribution in [0.15, 0.2) is 48.5 Å². The van der Waals surface area contributed by atoms with Crippen molar-refractivity contribution >= 4 is 17.5 Å². The van der Waals surface area contributed by atoms with Crippen LogP contribution in [0.4, 0.5) is 10.5 Å². The summed E-state index contributed by atoms with van der Waals surface area (Å²) in [5, 5.41) is 10.7. The van der Waals surface area contributed by atoms with Gasteiger partial charge >= 0.3 is 6.09 Å². The Bertz CT molecular complexity index is 770. The van der Waals surface area contributed by atoms with Crippen LogP contribution < -0.4 is 10.1 Å². The number of anilines is 1. The highest BCUT2D eigenvalue weighted by molar-refractivity contribution is 6.04. The van der Waals surface area contributed by atoms with Crippen molar-refractivity contribution in [3.05, 3.63) is 59.7 Å². The van der Waals surface area contributed by atoms with E-state index >= 15 is 0 Å². The molecular weight excluding hydrogens is 328 g/mol. The molecule has 138 valence electrons. The van der Waals surface area contributed by atoms with E-state index in [0.29, 0.717) is 35.7 Å². The van der Waals surface area contributed by atoms with Crippen molar-refractivity contribution in [1.29, 1.82) is 5.41 Å². The monoisotopic (exact) mass is 354 g/mol. The van der Waals surface area contributed by atoms with Crippen LogP contribution in [0.2, 0.25) is 0 Å². The Morgan fingerprint density at radius 1 is 1.15 bits per heavy atom. The summed E-state index contributed by atoms with van der Waals surface area (Å²) in [4.78, 5) is 12.1. The quantitative estimate of drug-likeness (QED) is 0.655. The molecular formula is C21H26N2O3. The maximum absolute atomic E-state index is 12.1. The van der Waals surface area contributed by atoms with E-state index in [9.17, 15) is 4.79 Å². The zero-order valence-corrected chi connectivity index (χ0v) is 15.8. The van der Waals surface area contributed by atoms with Gasteiger partial charge in [0.1, 0.15) is 18.0 Å². The minimum Gasteiger partial charge on any atom is -0.489 e. The third kappa shape index (κ3) is 5.62. The zero-order chi connectivity index (χ0) is 19.2. The summed E-state index contributed by atoms with van der Waals surface area (Å²) < 4.78 is 11.2. The van der Waals surface area contributed by atoms with E-state index in [1.54, 1.807) is 25.1 Å². The first kappa shape index (κ1) is 19.5. The lowest BCUT2D eigenvalue weighted by molar-refractivity contribution is 0.0462. The van der Waals surface area contributed by atoms with E-state index in [1.807, 2.05) is 51.1 Å². The molecule has 0 saturated heterocycles. The van der Waals surface area contributed by atoms with Crippen molar-refractivity contribution in [3.63, 3.8) is 0 Å². The summed E-state index contributed by atoms with van der Waals surface area (Å²) in [6.07, 6.45) is 0.181. The maximum atomic E-state index is 12.1. The summed E-state index contributed by atoms with van der Waals surface area (Å²) >= 11 is 0. The minimum atomic E-state index is -0.539. The number of rotatable bonds is 7. The average molecular weight is 354 g/mol. The molecule has 0 radical (unpaired) electrons. The second-order valence-electron chi connectivity index (χ2n) is 6.73. The highest BCUT2D eigenvalue weighted by Gasteiger charge is 2.21. The molecule has 0 atom stereocenters. The fourth-order valence-corrected chi connectivity index (χ4v) is 2.23. The van der Waals surface area contributed by atoms with Gasteiger partial charge in [0.15, 0.2) is 0 Å². The maximum Gasteiger partial charge on any atom is 0.412 e. The standard InChI is InChI=1S/C21H26N2O3/c1-5-21(3,4)26-20(24)23-19-12-11-17(13-18(19)15(2)22)25-14-16-9-7-6-8-10-16/h6-13,22H,5,14H2,1-4H3,(H,23,24). The molecule has 2 rings (SSSR count). The number of amides is 1. The van der Waals surface area contributed by atoms with Crippen molar-refractivity contribution in [2.24, 2.45) is 0 Å². The molecule has 0 aromatic heterocycles. The SMILES string of the molecule is CCC(C)(C)OC(=O)Nc1ccc(OCc2ccccc2)cc1C(C)=N. The van der Waals surface area contributed by atoms with Crippen molar-refractivity contribution in [2.45, 2.75) is 46.3 Å². The van der Waals surface area contributed by atoms with Crippen LogP contribution in [0.3, 0.4) is 0 Å². The molecule has 0 unspecified atom stereocenters. The predicted octanol–water partition coefficient (Wildman–Crippen LogP) is 5.39. The van der Waals surface area contributed by atoms with E-state index in [1.165, 1.54) is 0 Å². The van der Waals surface area contributed by atoms with Gasteiger partial charge < -0.3 is 14.9 Å². The molecule has 0 aliphatic heterocycles. The Hall–Kier alpha value is -2.82. The molecule has 0 aliphatic rings. The van der Waals surface area contributed by atoms with Crippen molar-refractivity contribution in [1.82, 2.24) is 0 Å². The number of hydrogen-bond acceptors (Lipinski definition) is 4. The number of hydrogen-bond donors (Lipinski definition) is 2. The second kappa shape index (κ2) is 8.52. The number of nitrogens with one attached hydrogen (secondary N) is 2. The molecule has 2 aromatic rings. The summed E-state index contributed by atoms with van der Waals surface area (Å²) in [6.45, 7) is 7.78. The van der Waals surface area contributed by atoms with Gasteiger partial charge in [-0.1, -0.05) is 37.3 Å². The lowest BCUT2D eigenvalue weighted by Gasteiger charge is -2.23. The molecule has 0 heterocycles. The minimum absolute atomic E-state index is 0.334. The van der Waals surface area contributed by atoms with E-state index < -0.39 is 11.7 Å². The van der Waals surface area contributed by atoms with E-state index in [0.717, 1.165) is 5.56 Å². The summed E-state index contributed by atoms with van der Waals surface area (Å²) in [5.74, 6) is 0.642. The topological polar surface area (TPSA) is 71.4 Å². The highest BCUT2D eigenvalue weighted by Crippen LogP contribution is 2.24. The lowest BCUT2D eigenvalue weighted by atomic mass is 10.1. The summed E-state index contributed by atoms with van der Waals surface area (Å²) in [7, 11) is 0. The Morgan fingerprint density at radius 2 is 1.85 bits per heavy atom. The molecule has 0 aliphatic carbocycles. The van der Waals surface area contributed by atoms with Gasteiger partial charge in [0.05, 0.1) is 5.69 Å². The molecule has 1 amide bonds. The summed E-state index contributed by atoms with van der Waals surface area (Å²) in [5.41, 5.74) is 1.99. The number of carbonyl (C=O) groups is 1. The lowest BCUT2D eigenvalue weighted by Crippen LogP contribution is -2.30. The van der Waals surface area contributed by atoms with Gasteiger partial charge in [-0.2, -0.15) is 0 Å².